The van der Waals surface area contributed by atoms with Crippen LogP contribution >= 0.6 is 0 Å². The molecule has 1 saturated heterocycles. The van der Waals surface area contributed by atoms with Crippen LogP contribution in [-0.2, 0) is 0 Å². The van der Waals surface area contributed by atoms with E-state index in [0.717, 1.165) is 17.9 Å². The standard InChI is InChI=1S/C14H29N/c1-12(2)7-8-14-6-5-10-15(14)11-9-13(3)4/h12-14H,5-11H2,1-4H3. The van der Waals surface area contributed by atoms with E-state index in [-0.39, 0.29) is 0 Å². The molecule has 0 aromatic rings. The third-order valence-corrected chi connectivity index (χ3v) is 3.57. The van der Waals surface area contributed by atoms with Crippen molar-refractivity contribution in [3.63, 3.8) is 0 Å². The van der Waals surface area contributed by atoms with Crippen LogP contribution in [0.2, 0.25) is 0 Å². The van der Waals surface area contributed by atoms with Gasteiger partial charge in [0.15, 0.2) is 0 Å². The van der Waals surface area contributed by atoms with Gasteiger partial charge in [0, 0.05) is 6.04 Å². The van der Waals surface area contributed by atoms with Crippen molar-refractivity contribution in [2.75, 3.05) is 13.1 Å². The molecule has 1 fully saturated rings. The van der Waals surface area contributed by atoms with E-state index >= 15 is 0 Å². The zero-order chi connectivity index (χ0) is 11.3. The van der Waals surface area contributed by atoms with Crippen molar-refractivity contribution in [2.24, 2.45) is 11.8 Å². The van der Waals surface area contributed by atoms with E-state index < -0.39 is 0 Å². The van der Waals surface area contributed by atoms with Crippen LogP contribution in [0.4, 0.5) is 0 Å². The highest BCUT2D eigenvalue weighted by Crippen LogP contribution is 2.23. The molecule has 90 valence electrons. The van der Waals surface area contributed by atoms with Gasteiger partial charge in [-0.25, -0.2) is 0 Å². The van der Waals surface area contributed by atoms with Crippen molar-refractivity contribution in [1.29, 1.82) is 0 Å². The Hall–Kier alpha value is -0.0400. The minimum Gasteiger partial charge on any atom is -0.300 e. The largest absolute Gasteiger partial charge is 0.300 e. The van der Waals surface area contributed by atoms with Gasteiger partial charge in [-0.2, -0.15) is 0 Å². The van der Waals surface area contributed by atoms with Gasteiger partial charge in [-0.3, -0.25) is 0 Å². The smallest absolute Gasteiger partial charge is 0.00958 e. The summed E-state index contributed by atoms with van der Waals surface area (Å²) in [5, 5.41) is 0. The molecule has 0 spiro atoms. The molecule has 0 bridgehead atoms. The Morgan fingerprint density at radius 3 is 2.33 bits per heavy atom. The van der Waals surface area contributed by atoms with Gasteiger partial charge >= 0.3 is 0 Å². The molecule has 1 atom stereocenters. The Morgan fingerprint density at radius 1 is 1.07 bits per heavy atom. The molecule has 0 amide bonds. The molecule has 15 heavy (non-hydrogen) atoms. The number of hydrogen-bond donors (Lipinski definition) is 0. The number of rotatable bonds is 6. The Kier molecular flexibility index (Phi) is 5.66. The van der Waals surface area contributed by atoms with Gasteiger partial charge < -0.3 is 4.90 Å². The van der Waals surface area contributed by atoms with E-state index in [1.807, 2.05) is 0 Å². The van der Waals surface area contributed by atoms with Crippen molar-refractivity contribution in [3.05, 3.63) is 0 Å². The van der Waals surface area contributed by atoms with E-state index in [1.165, 1.54) is 45.2 Å². The van der Waals surface area contributed by atoms with Crippen LogP contribution in [0.15, 0.2) is 0 Å². The molecule has 1 aliphatic rings. The fourth-order valence-corrected chi connectivity index (χ4v) is 2.47. The molecular weight excluding hydrogens is 182 g/mol. The van der Waals surface area contributed by atoms with Crippen molar-refractivity contribution in [3.8, 4) is 0 Å². The van der Waals surface area contributed by atoms with Gasteiger partial charge in [-0.15, -0.1) is 0 Å². The molecule has 0 radical (unpaired) electrons. The summed E-state index contributed by atoms with van der Waals surface area (Å²) >= 11 is 0. The zero-order valence-corrected chi connectivity index (χ0v) is 11.1. The fraction of sp³-hybridized carbons (Fsp3) is 1.00. The average molecular weight is 211 g/mol. The lowest BCUT2D eigenvalue weighted by Crippen LogP contribution is -2.31. The van der Waals surface area contributed by atoms with Crippen LogP contribution in [0.25, 0.3) is 0 Å². The van der Waals surface area contributed by atoms with Crippen LogP contribution in [-0.4, -0.2) is 24.0 Å². The minimum absolute atomic E-state index is 0.858. The predicted molar refractivity (Wildman–Crippen MR) is 68.1 cm³/mol. The number of hydrogen-bond acceptors (Lipinski definition) is 1. The molecule has 0 saturated carbocycles. The first-order valence-electron chi connectivity index (χ1n) is 6.83. The van der Waals surface area contributed by atoms with Crippen LogP contribution in [0.1, 0.15) is 59.8 Å². The lowest BCUT2D eigenvalue weighted by molar-refractivity contribution is 0.222. The van der Waals surface area contributed by atoms with Gasteiger partial charge in [0.05, 0.1) is 0 Å². The predicted octanol–water partition coefficient (Wildman–Crippen LogP) is 3.93. The second kappa shape index (κ2) is 6.52. The van der Waals surface area contributed by atoms with E-state index in [4.69, 9.17) is 0 Å². The molecule has 1 heteroatoms. The molecule has 1 heterocycles. The normalized spacial score (nSPS) is 23.2. The SMILES string of the molecule is CC(C)CCC1CCCN1CCC(C)C. The molecule has 0 aromatic carbocycles. The first-order valence-corrected chi connectivity index (χ1v) is 6.83. The van der Waals surface area contributed by atoms with Crippen LogP contribution in [0.3, 0.4) is 0 Å². The third kappa shape index (κ3) is 5.01. The number of nitrogens with zero attached hydrogens (tertiary/aromatic N) is 1. The topological polar surface area (TPSA) is 3.24 Å². The first-order chi connectivity index (χ1) is 7.09. The van der Waals surface area contributed by atoms with Crippen LogP contribution in [0.5, 0.6) is 0 Å². The zero-order valence-electron chi connectivity index (χ0n) is 11.1. The van der Waals surface area contributed by atoms with Gasteiger partial charge in [-0.1, -0.05) is 27.7 Å². The van der Waals surface area contributed by atoms with Crippen molar-refractivity contribution >= 4 is 0 Å². The molecule has 0 aliphatic carbocycles. The Balaban J connectivity index is 2.23. The van der Waals surface area contributed by atoms with Crippen LogP contribution in [0, 0.1) is 11.8 Å². The molecule has 1 nitrogen and oxygen atoms in total. The molecule has 1 aliphatic heterocycles. The maximum atomic E-state index is 2.74. The van der Waals surface area contributed by atoms with Gasteiger partial charge in [-0.05, 0) is 57.0 Å². The monoisotopic (exact) mass is 211 g/mol. The second-order valence-corrected chi connectivity index (χ2v) is 5.99. The summed E-state index contributed by atoms with van der Waals surface area (Å²) in [7, 11) is 0. The molecule has 0 N–H and O–H groups in total. The summed E-state index contributed by atoms with van der Waals surface area (Å²) in [5.41, 5.74) is 0. The highest BCUT2D eigenvalue weighted by atomic mass is 15.2. The van der Waals surface area contributed by atoms with E-state index in [9.17, 15) is 0 Å². The highest BCUT2D eigenvalue weighted by Gasteiger charge is 2.23. The van der Waals surface area contributed by atoms with Crippen molar-refractivity contribution in [1.82, 2.24) is 4.90 Å². The summed E-state index contributed by atoms with van der Waals surface area (Å²) in [5.74, 6) is 1.73. The summed E-state index contributed by atoms with van der Waals surface area (Å²) in [6, 6.07) is 0.908. The quantitative estimate of drug-likeness (QED) is 0.643. The summed E-state index contributed by atoms with van der Waals surface area (Å²) < 4.78 is 0. The summed E-state index contributed by atoms with van der Waals surface area (Å²) in [6.07, 6.45) is 7.09. The summed E-state index contributed by atoms with van der Waals surface area (Å²) in [4.78, 5) is 2.74. The van der Waals surface area contributed by atoms with E-state index in [1.54, 1.807) is 0 Å². The van der Waals surface area contributed by atoms with E-state index in [2.05, 4.69) is 32.6 Å². The van der Waals surface area contributed by atoms with E-state index in [0.29, 0.717) is 0 Å². The average Bonchev–Trinajstić information content (AvgIpc) is 2.58. The molecule has 0 aromatic heterocycles. The van der Waals surface area contributed by atoms with Gasteiger partial charge in [0.1, 0.15) is 0 Å². The van der Waals surface area contributed by atoms with Crippen molar-refractivity contribution < 1.29 is 0 Å². The third-order valence-electron chi connectivity index (χ3n) is 3.57. The Bertz CT molecular complexity index is 145. The maximum Gasteiger partial charge on any atom is 0.00958 e. The van der Waals surface area contributed by atoms with Crippen molar-refractivity contribution in [2.45, 2.75) is 65.8 Å². The Labute approximate surface area is 96.2 Å². The van der Waals surface area contributed by atoms with Gasteiger partial charge in [0.2, 0.25) is 0 Å². The maximum absolute atomic E-state index is 2.74. The summed E-state index contributed by atoms with van der Waals surface area (Å²) in [6.45, 7) is 12.0. The molecule has 1 rings (SSSR count). The Morgan fingerprint density at radius 2 is 1.73 bits per heavy atom. The first kappa shape index (κ1) is 13.0. The minimum atomic E-state index is 0.858. The lowest BCUT2D eigenvalue weighted by atomic mass is 10.0. The van der Waals surface area contributed by atoms with Gasteiger partial charge in [0.25, 0.3) is 0 Å². The van der Waals surface area contributed by atoms with Crippen LogP contribution < -0.4 is 0 Å². The second-order valence-electron chi connectivity index (χ2n) is 5.99. The lowest BCUT2D eigenvalue weighted by Gasteiger charge is -2.25. The highest BCUT2D eigenvalue weighted by molar-refractivity contribution is 4.79. The molecule has 1 unspecified atom stereocenters. The fourth-order valence-electron chi connectivity index (χ4n) is 2.47. The number of likely N-dealkylation sites (tertiary alicyclic amines) is 1. The molecular formula is C14H29N.